The Morgan fingerprint density at radius 2 is 2.00 bits per heavy atom. The van der Waals surface area contributed by atoms with Crippen LogP contribution in [0.25, 0.3) is 0 Å². The molecule has 1 heterocycles. The van der Waals surface area contributed by atoms with Crippen LogP contribution in [0.3, 0.4) is 0 Å². The van der Waals surface area contributed by atoms with Crippen LogP contribution in [-0.4, -0.2) is 0 Å². The summed E-state index contributed by atoms with van der Waals surface area (Å²) in [4.78, 5) is 0. The fraction of sp³-hybridized carbons (Fsp3) is 0.0909. The lowest BCUT2D eigenvalue weighted by Gasteiger charge is -2.09. The van der Waals surface area contributed by atoms with Crippen LogP contribution in [0.4, 0.5) is 8.78 Å². The highest BCUT2D eigenvalue weighted by molar-refractivity contribution is 9.11. The average Bonchev–Trinajstić information content (AvgIpc) is 2.67. The third kappa shape index (κ3) is 2.44. The predicted molar refractivity (Wildman–Crippen MR) is 66.1 cm³/mol. The van der Waals surface area contributed by atoms with Gasteiger partial charge in [-0.2, -0.15) is 0 Å². The number of hydrogen-bond donors (Lipinski definition) is 0. The van der Waals surface area contributed by atoms with E-state index in [0.29, 0.717) is 0 Å². The molecule has 1 aromatic carbocycles. The molecule has 1 unspecified atom stereocenters. The fourth-order valence-electron chi connectivity index (χ4n) is 1.34. The summed E-state index contributed by atoms with van der Waals surface area (Å²) < 4.78 is 27.4. The number of halogens is 4. The minimum atomic E-state index is -0.668. The molecule has 0 saturated heterocycles. The maximum absolute atomic E-state index is 13.5. The largest absolute Gasteiger partial charge is 0.207 e. The normalized spacial score (nSPS) is 12.8. The maximum atomic E-state index is 13.5. The van der Waals surface area contributed by atoms with Crippen molar-refractivity contribution in [2.75, 3.05) is 0 Å². The van der Waals surface area contributed by atoms with Crippen molar-refractivity contribution in [1.29, 1.82) is 0 Å². The van der Waals surface area contributed by atoms with Crippen LogP contribution in [-0.2, 0) is 0 Å². The molecule has 2 aromatic rings. The zero-order valence-corrected chi connectivity index (χ0v) is 11.0. The molecule has 1 atom stereocenters. The van der Waals surface area contributed by atoms with Crippen molar-refractivity contribution in [1.82, 2.24) is 0 Å². The van der Waals surface area contributed by atoms with Gasteiger partial charge in [-0.05, 0) is 51.1 Å². The highest BCUT2D eigenvalue weighted by Crippen LogP contribution is 2.35. The number of hydrogen-bond acceptors (Lipinski definition) is 1. The Labute approximate surface area is 109 Å². The van der Waals surface area contributed by atoms with Gasteiger partial charge in [0.05, 0.1) is 9.16 Å². The van der Waals surface area contributed by atoms with Crippen LogP contribution in [0.5, 0.6) is 0 Å². The van der Waals surface area contributed by atoms with Crippen molar-refractivity contribution >= 4 is 38.9 Å². The van der Waals surface area contributed by atoms with Crippen molar-refractivity contribution in [3.05, 3.63) is 56.2 Å². The van der Waals surface area contributed by atoms with E-state index in [2.05, 4.69) is 15.9 Å². The lowest BCUT2D eigenvalue weighted by atomic mass is 10.1. The van der Waals surface area contributed by atoms with E-state index in [1.165, 1.54) is 11.3 Å². The molecule has 0 aliphatic carbocycles. The van der Waals surface area contributed by atoms with E-state index in [4.69, 9.17) is 11.6 Å². The second-order valence-corrected chi connectivity index (χ2v) is 5.94. The van der Waals surface area contributed by atoms with Gasteiger partial charge in [-0.3, -0.25) is 0 Å². The first-order valence-electron chi connectivity index (χ1n) is 4.41. The Hall–Kier alpha value is -0.450. The van der Waals surface area contributed by atoms with Gasteiger partial charge in [0, 0.05) is 5.56 Å². The van der Waals surface area contributed by atoms with Crippen molar-refractivity contribution < 1.29 is 8.78 Å². The van der Waals surface area contributed by atoms with E-state index < -0.39 is 17.0 Å². The second kappa shape index (κ2) is 4.82. The SMILES string of the molecule is Fc1ccc(F)c(C(Cl)c2csc(Br)c2)c1. The zero-order valence-electron chi connectivity index (χ0n) is 7.88. The van der Waals surface area contributed by atoms with Crippen LogP contribution in [0.15, 0.2) is 33.4 Å². The minimum Gasteiger partial charge on any atom is -0.207 e. The molecule has 0 amide bonds. The molecular weight excluding hydrogens is 318 g/mol. The molecule has 16 heavy (non-hydrogen) atoms. The van der Waals surface area contributed by atoms with Crippen LogP contribution in [0.1, 0.15) is 16.5 Å². The summed E-state index contributed by atoms with van der Waals surface area (Å²) in [5.41, 5.74) is 0.912. The van der Waals surface area contributed by atoms with Crippen LogP contribution < -0.4 is 0 Å². The van der Waals surface area contributed by atoms with E-state index in [9.17, 15) is 8.78 Å². The smallest absolute Gasteiger partial charge is 0.128 e. The Morgan fingerprint density at radius 3 is 2.62 bits per heavy atom. The summed E-state index contributed by atoms with van der Waals surface area (Å²) in [5, 5.41) is 1.14. The molecule has 0 aliphatic heterocycles. The van der Waals surface area contributed by atoms with Gasteiger partial charge in [0.2, 0.25) is 0 Å². The first-order valence-corrected chi connectivity index (χ1v) is 6.52. The third-order valence-electron chi connectivity index (χ3n) is 2.11. The van der Waals surface area contributed by atoms with E-state index in [-0.39, 0.29) is 5.56 Å². The van der Waals surface area contributed by atoms with Gasteiger partial charge in [-0.15, -0.1) is 22.9 Å². The van der Waals surface area contributed by atoms with Gasteiger partial charge >= 0.3 is 0 Å². The molecule has 2 rings (SSSR count). The minimum absolute atomic E-state index is 0.159. The number of thiophene rings is 1. The van der Waals surface area contributed by atoms with Crippen LogP contribution in [0, 0.1) is 11.6 Å². The average molecular weight is 324 g/mol. The lowest BCUT2D eigenvalue weighted by molar-refractivity contribution is 0.587. The third-order valence-corrected chi connectivity index (χ3v) is 4.12. The van der Waals surface area contributed by atoms with Crippen molar-refractivity contribution in [3.63, 3.8) is 0 Å². The van der Waals surface area contributed by atoms with Gasteiger partial charge in [0.1, 0.15) is 11.6 Å². The second-order valence-electron chi connectivity index (χ2n) is 3.21. The van der Waals surface area contributed by atoms with Crippen molar-refractivity contribution in [2.45, 2.75) is 5.38 Å². The highest BCUT2D eigenvalue weighted by atomic mass is 79.9. The molecule has 1 aromatic heterocycles. The van der Waals surface area contributed by atoms with Crippen molar-refractivity contribution in [3.8, 4) is 0 Å². The predicted octanol–water partition coefficient (Wildman–Crippen LogP) is 5.12. The monoisotopic (exact) mass is 322 g/mol. The summed E-state index contributed by atoms with van der Waals surface area (Å²) in [7, 11) is 0. The van der Waals surface area contributed by atoms with E-state index in [1.54, 1.807) is 6.07 Å². The summed E-state index contributed by atoms with van der Waals surface area (Å²) in [6.45, 7) is 0. The Morgan fingerprint density at radius 1 is 1.25 bits per heavy atom. The molecule has 5 heteroatoms. The van der Waals surface area contributed by atoms with Gasteiger partial charge in [-0.25, -0.2) is 8.78 Å². The van der Waals surface area contributed by atoms with Gasteiger partial charge in [0.15, 0.2) is 0 Å². The van der Waals surface area contributed by atoms with Crippen LogP contribution >= 0.6 is 38.9 Å². The summed E-state index contributed by atoms with van der Waals surface area (Å²) in [5.74, 6) is -0.986. The number of benzene rings is 1. The maximum Gasteiger partial charge on any atom is 0.128 e. The quantitative estimate of drug-likeness (QED) is 0.673. The summed E-state index contributed by atoms with van der Waals surface area (Å²) in [6.07, 6.45) is 0. The zero-order chi connectivity index (χ0) is 11.7. The molecule has 0 fully saturated rings. The van der Waals surface area contributed by atoms with Gasteiger partial charge in [0.25, 0.3) is 0 Å². The molecule has 0 nitrogen and oxygen atoms in total. The Bertz CT molecular complexity index is 512. The van der Waals surface area contributed by atoms with Gasteiger partial charge < -0.3 is 0 Å². The number of rotatable bonds is 2. The fourth-order valence-corrected chi connectivity index (χ4v) is 2.91. The molecule has 0 spiro atoms. The molecule has 0 saturated carbocycles. The molecule has 0 radical (unpaired) electrons. The lowest BCUT2D eigenvalue weighted by Crippen LogP contribution is -1.96. The highest BCUT2D eigenvalue weighted by Gasteiger charge is 2.17. The van der Waals surface area contributed by atoms with E-state index >= 15 is 0 Å². The molecule has 0 aliphatic rings. The molecule has 0 N–H and O–H groups in total. The first kappa shape index (κ1) is 12.0. The van der Waals surface area contributed by atoms with Gasteiger partial charge in [-0.1, -0.05) is 0 Å². The van der Waals surface area contributed by atoms with E-state index in [1.807, 2.05) is 5.38 Å². The summed E-state index contributed by atoms with van der Waals surface area (Å²) in [6, 6.07) is 5.08. The topological polar surface area (TPSA) is 0 Å². The molecule has 0 bridgehead atoms. The van der Waals surface area contributed by atoms with Crippen molar-refractivity contribution in [2.24, 2.45) is 0 Å². The van der Waals surface area contributed by atoms with Crippen LogP contribution in [0.2, 0.25) is 0 Å². The summed E-state index contributed by atoms with van der Waals surface area (Å²) >= 11 is 10.9. The number of alkyl halides is 1. The first-order chi connectivity index (χ1) is 7.58. The molecule has 84 valence electrons. The van der Waals surface area contributed by atoms with E-state index in [0.717, 1.165) is 27.5 Å². The Kier molecular flexibility index (Phi) is 3.62. The Balaban J connectivity index is 2.40. The standard InChI is InChI=1S/C11H6BrClF2S/c12-10-3-6(5-16-10)11(13)8-4-7(14)1-2-9(8)15/h1-5,11H. The molecular formula is C11H6BrClF2S.